The van der Waals surface area contributed by atoms with Crippen LogP contribution in [0.4, 0.5) is 11.8 Å². The number of rotatable bonds is 8. The molecule has 2 heterocycles. The first-order chi connectivity index (χ1) is 11.1. The third kappa shape index (κ3) is 4.80. The van der Waals surface area contributed by atoms with Crippen LogP contribution in [0.2, 0.25) is 0 Å². The summed E-state index contributed by atoms with van der Waals surface area (Å²) < 4.78 is 5.59. The Bertz CT molecular complexity index is 498. The van der Waals surface area contributed by atoms with Crippen molar-refractivity contribution in [2.45, 2.75) is 77.7 Å². The largest absolute Gasteiger partial charge is 0.381 e. The molecule has 3 N–H and O–H groups in total. The molecule has 5 nitrogen and oxygen atoms in total. The van der Waals surface area contributed by atoms with Crippen LogP contribution in [0.5, 0.6) is 0 Å². The predicted octanol–water partition coefficient (Wildman–Crippen LogP) is 3.86. The van der Waals surface area contributed by atoms with Crippen LogP contribution in [0.3, 0.4) is 0 Å². The lowest BCUT2D eigenvalue weighted by Gasteiger charge is -2.39. The summed E-state index contributed by atoms with van der Waals surface area (Å²) in [6.07, 6.45) is 8.96. The zero-order chi connectivity index (χ0) is 16.7. The maximum Gasteiger partial charge on any atom is 0.222 e. The molecule has 0 spiro atoms. The fourth-order valence-corrected chi connectivity index (χ4v) is 3.34. The number of unbranched alkanes of at least 4 members (excludes halogenated alkanes) is 2. The van der Waals surface area contributed by atoms with Crippen molar-refractivity contribution in [1.29, 1.82) is 0 Å². The predicted molar refractivity (Wildman–Crippen MR) is 95.7 cm³/mol. The standard InChI is InChI=1S/C18H32N4O/c1-4-6-8-15-14(3)20-17(19)21-16(15)22-18(9-7-5-2)10-12-23-13-11-18/h4-13H2,1-3H3,(H3,19,20,21,22). The summed E-state index contributed by atoms with van der Waals surface area (Å²) in [7, 11) is 0. The van der Waals surface area contributed by atoms with Crippen molar-refractivity contribution in [1.82, 2.24) is 9.97 Å². The van der Waals surface area contributed by atoms with Gasteiger partial charge in [0.1, 0.15) is 5.82 Å². The van der Waals surface area contributed by atoms with Gasteiger partial charge in [-0.3, -0.25) is 0 Å². The molecule has 0 radical (unpaired) electrons. The lowest BCUT2D eigenvalue weighted by atomic mass is 9.84. The van der Waals surface area contributed by atoms with Gasteiger partial charge in [-0.05, 0) is 39.0 Å². The summed E-state index contributed by atoms with van der Waals surface area (Å²) in [4.78, 5) is 8.92. The van der Waals surface area contributed by atoms with Gasteiger partial charge in [0.15, 0.2) is 0 Å². The highest BCUT2D eigenvalue weighted by atomic mass is 16.5. The Morgan fingerprint density at radius 2 is 1.83 bits per heavy atom. The number of nitrogens with two attached hydrogens (primary N) is 1. The molecule has 1 aromatic rings. The Hall–Kier alpha value is -1.36. The summed E-state index contributed by atoms with van der Waals surface area (Å²) in [5, 5.41) is 3.78. The van der Waals surface area contributed by atoms with E-state index in [1.807, 2.05) is 6.92 Å². The first-order valence-corrected chi connectivity index (χ1v) is 9.09. The van der Waals surface area contributed by atoms with E-state index >= 15 is 0 Å². The van der Waals surface area contributed by atoms with Gasteiger partial charge in [0, 0.05) is 30.0 Å². The number of hydrogen-bond acceptors (Lipinski definition) is 5. The zero-order valence-electron chi connectivity index (χ0n) is 15.0. The normalized spacial score (nSPS) is 17.2. The first-order valence-electron chi connectivity index (χ1n) is 9.09. The van der Waals surface area contributed by atoms with E-state index in [-0.39, 0.29) is 5.54 Å². The Labute approximate surface area is 140 Å². The molecule has 1 fully saturated rings. The fraction of sp³-hybridized carbons (Fsp3) is 0.778. The molecule has 0 aliphatic carbocycles. The van der Waals surface area contributed by atoms with E-state index in [2.05, 4.69) is 29.1 Å². The number of aryl methyl sites for hydroxylation is 1. The second-order valence-electron chi connectivity index (χ2n) is 6.72. The quantitative estimate of drug-likeness (QED) is 0.761. The van der Waals surface area contributed by atoms with Crippen LogP contribution in [-0.4, -0.2) is 28.7 Å². The van der Waals surface area contributed by atoms with Crippen molar-refractivity contribution in [3.8, 4) is 0 Å². The third-order valence-corrected chi connectivity index (χ3v) is 4.85. The number of aromatic nitrogens is 2. The van der Waals surface area contributed by atoms with Crippen molar-refractivity contribution in [3.05, 3.63) is 11.3 Å². The van der Waals surface area contributed by atoms with Gasteiger partial charge < -0.3 is 15.8 Å². The van der Waals surface area contributed by atoms with Gasteiger partial charge in [-0.15, -0.1) is 0 Å². The smallest absolute Gasteiger partial charge is 0.222 e. The van der Waals surface area contributed by atoms with Crippen LogP contribution in [0.1, 0.15) is 70.1 Å². The third-order valence-electron chi connectivity index (χ3n) is 4.85. The average molecular weight is 320 g/mol. The maximum atomic E-state index is 5.92. The van der Waals surface area contributed by atoms with Crippen LogP contribution in [-0.2, 0) is 11.2 Å². The number of ether oxygens (including phenoxy) is 1. The van der Waals surface area contributed by atoms with E-state index in [0.717, 1.165) is 63.3 Å². The minimum atomic E-state index is 0.0858. The van der Waals surface area contributed by atoms with Gasteiger partial charge in [-0.25, -0.2) is 4.98 Å². The van der Waals surface area contributed by atoms with E-state index < -0.39 is 0 Å². The van der Waals surface area contributed by atoms with Crippen LogP contribution >= 0.6 is 0 Å². The van der Waals surface area contributed by atoms with Crippen LogP contribution in [0, 0.1) is 6.92 Å². The number of hydrogen-bond donors (Lipinski definition) is 2. The summed E-state index contributed by atoms with van der Waals surface area (Å²) in [6.45, 7) is 8.13. The lowest BCUT2D eigenvalue weighted by Crippen LogP contribution is -2.44. The number of nitrogens with one attached hydrogen (secondary N) is 1. The molecule has 130 valence electrons. The topological polar surface area (TPSA) is 73.1 Å². The molecule has 1 aromatic heterocycles. The first kappa shape index (κ1) is 18.0. The Kier molecular flexibility index (Phi) is 6.63. The van der Waals surface area contributed by atoms with Crippen molar-refractivity contribution >= 4 is 11.8 Å². The Morgan fingerprint density at radius 1 is 1.13 bits per heavy atom. The van der Waals surface area contributed by atoms with Gasteiger partial charge in [0.25, 0.3) is 0 Å². The van der Waals surface area contributed by atoms with Gasteiger partial charge >= 0.3 is 0 Å². The SMILES string of the molecule is CCCCc1c(C)nc(N)nc1NC1(CCCC)CCOCC1. The fourth-order valence-electron chi connectivity index (χ4n) is 3.34. The highest BCUT2D eigenvalue weighted by molar-refractivity contribution is 5.51. The molecule has 1 aliphatic rings. The van der Waals surface area contributed by atoms with E-state index in [0.29, 0.717) is 5.95 Å². The van der Waals surface area contributed by atoms with Crippen molar-refractivity contribution in [3.63, 3.8) is 0 Å². The van der Waals surface area contributed by atoms with Gasteiger partial charge in [0.2, 0.25) is 5.95 Å². The van der Waals surface area contributed by atoms with E-state index in [1.54, 1.807) is 0 Å². The number of nitrogen functional groups attached to an aromatic ring is 1. The van der Waals surface area contributed by atoms with Gasteiger partial charge in [-0.1, -0.05) is 33.1 Å². The Morgan fingerprint density at radius 3 is 2.48 bits per heavy atom. The summed E-state index contributed by atoms with van der Waals surface area (Å²) in [5.74, 6) is 1.31. The van der Waals surface area contributed by atoms with Gasteiger partial charge in [-0.2, -0.15) is 4.98 Å². The summed E-state index contributed by atoms with van der Waals surface area (Å²) in [5.41, 5.74) is 8.24. The monoisotopic (exact) mass is 320 g/mol. The second-order valence-corrected chi connectivity index (χ2v) is 6.72. The molecule has 0 aromatic carbocycles. The van der Waals surface area contributed by atoms with Crippen LogP contribution in [0.25, 0.3) is 0 Å². The Balaban J connectivity index is 2.27. The van der Waals surface area contributed by atoms with Crippen LogP contribution in [0.15, 0.2) is 0 Å². The van der Waals surface area contributed by atoms with E-state index in [9.17, 15) is 0 Å². The highest BCUT2D eigenvalue weighted by Gasteiger charge is 2.33. The molecule has 5 heteroatoms. The minimum absolute atomic E-state index is 0.0858. The minimum Gasteiger partial charge on any atom is -0.381 e. The number of anilines is 2. The molecule has 23 heavy (non-hydrogen) atoms. The number of nitrogens with zero attached hydrogens (tertiary/aromatic N) is 2. The summed E-state index contributed by atoms with van der Waals surface area (Å²) in [6, 6.07) is 0. The highest BCUT2D eigenvalue weighted by Crippen LogP contribution is 2.32. The molecular formula is C18H32N4O. The molecule has 0 unspecified atom stereocenters. The van der Waals surface area contributed by atoms with E-state index in [4.69, 9.17) is 10.5 Å². The maximum absolute atomic E-state index is 5.92. The van der Waals surface area contributed by atoms with Crippen molar-refractivity contribution < 1.29 is 4.74 Å². The molecule has 1 saturated heterocycles. The summed E-state index contributed by atoms with van der Waals surface area (Å²) >= 11 is 0. The lowest BCUT2D eigenvalue weighted by molar-refractivity contribution is 0.0566. The molecular weight excluding hydrogens is 288 g/mol. The molecule has 2 rings (SSSR count). The second kappa shape index (κ2) is 8.48. The molecule has 1 aliphatic heterocycles. The molecule has 0 saturated carbocycles. The van der Waals surface area contributed by atoms with Crippen LogP contribution < -0.4 is 11.1 Å². The van der Waals surface area contributed by atoms with Crippen molar-refractivity contribution in [2.75, 3.05) is 24.3 Å². The molecule has 0 amide bonds. The van der Waals surface area contributed by atoms with E-state index in [1.165, 1.54) is 18.4 Å². The zero-order valence-corrected chi connectivity index (χ0v) is 15.0. The molecule has 0 atom stereocenters. The molecule has 0 bridgehead atoms. The van der Waals surface area contributed by atoms with Gasteiger partial charge in [0.05, 0.1) is 0 Å². The average Bonchev–Trinajstić information content (AvgIpc) is 2.53. The van der Waals surface area contributed by atoms with Crippen molar-refractivity contribution in [2.24, 2.45) is 0 Å².